The summed E-state index contributed by atoms with van der Waals surface area (Å²) in [5, 5.41) is 0. The smallest absolute Gasteiger partial charge is 0.140 e. The Morgan fingerprint density at radius 1 is 1.36 bits per heavy atom. The van der Waals surface area contributed by atoms with E-state index in [9.17, 15) is 0 Å². The molecule has 0 fully saturated rings. The molecule has 4 heteroatoms. The van der Waals surface area contributed by atoms with Gasteiger partial charge in [0.15, 0.2) is 0 Å². The highest BCUT2D eigenvalue weighted by atomic mass is 15.1. The Labute approximate surface area is 82.8 Å². The van der Waals surface area contributed by atoms with Gasteiger partial charge in [0.2, 0.25) is 0 Å². The van der Waals surface area contributed by atoms with E-state index in [1.807, 2.05) is 30.5 Å². The molecule has 0 aliphatic carbocycles. The van der Waals surface area contributed by atoms with Crippen LogP contribution in [0, 0.1) is 13.8 Å². The number of imidazole rings is 1. The molecular weight excluding hydrogens is 176 g/mol. The molecule has 0 saturated carbocycles. The van der Waals surface area contributed by atoms with Crippen molar-refractivity contribution in [3.05, 3.63) is 29.5 Å². The summed E-state index contributed by atoms with van der Waals surface area (Å²) in [5.41, 5.74) is 8.47. The van der Waals surface area contributed by atoms with Gasteiger partial charge in [-0.1, -0.05) is 0 Å². The third kappa shape index (κ3) is 1.48. The minimum absolute atomic E-state index is 0.634. The van der Waals surface area contributed by atoms with Crippen molar-refractivity contribution in [3.63, 3.8) is 0 Å². The SMILES string of the molecule is Cc1cc2nc(CCN)cn2c(C)n1. The maximum absolute atomic E-state index is 5.49. The molecule has 0 aromatic carbocycles. The predicted octanol–water partition coefficient (Wildman–Crippen LogP) is 0.847. The lowest BCUT2D eigenvalue weighted by atomic mass is 10.3. The fourth-order valence-electron chi connectivity index (χ4n) is 1.60. The van der Waals surface area contributed by atoms with Gasteiger partial charge in [-0.3, -0.25) is 4.40 Å². The number of aryl methyl sites for hydroxylation is 2. The van der Waals surface area contributed by atoms with Gasteiger partial charge in [0.05, 0.1) is 5.69 Å². The molecule has 4 nitrogen and oxygen atoms in total. The van der Waals surface area contributed by atoms with Gasteiger partial charge in [0.25, 0.3) is 0 Å². The first-order valence-corrected chi connectivity index (χ1v) is 4.73. The highest BCUT2D eigenvalue weighted by Gasteiger charge is 2.03. The minimum atomic E-state index is 0.634. The van der Waals surface area contributed by atoms with E-state index in [0.29, 0.717) is 6.54 Å². The third-order valence-electron chi connectivity index (χ3n) is 2.21. The zero-order valence-electron chi connectivity index (χ0n) is 8.49. The van der Waals surface area contributed by atoms with Crippen LogP contribution in [-0.4, -0.2) is 20.9 Å². The Balaban J connectivity index is 2.58. The number of hydrogen-bond donors (Lipinski definition) is 1. The number of rotatable bonds is 2. The van der Waals surface area contributed by atoms with E-state index in [4.69, 9.17) is 5.73 Å². The van der Waals surface area contributed by atoms with Crippen LogP contribution in [0.25, 0.3) is 5.65 Å². The standard InChI is InChI=1S/C10H14N4/c1-7-5-10-13-9(3-4-11)6-14(10)8(2)12-7/h5-6H,3-4,11H2,1-2H3. The second kappa shape index (κ2) is 3.38. The van der Waals surface area contributed by atoms with Crippen LogP contribution >= 0.6 is 0 Å². The average Bonchev–Trinajstić information content (AvgIpc) is 2.48. The first-order valence-electron chi connectivity index (χ1n) is 4.73. The Morgan fingerprint density at radius 2 is 2.14 bits per heavy atom. The molecule has 0 unspecified atom stereocenters. The molecule has 2 aromatic heterocycles. The minimum Gasteiger partial charge on any atom is -0.330 e. The molecule has 2 aromatic rings. The maximum Gasteiger partial charge on any atom is 0.140 e. The third-order valence-corrected chi connectivity index (χ3v) is 2.21. The van der Waals surface area contributed by atoms with E-state index in [1.165, 1.54) is 0 Å². The zero-order chi connectivity index (χ0) is 10.1. The quantitative estimate of drug-likeness (QED) is 0.763. The summed E-state index contributed by atoms with van der Waals surface area (Å²) in [6, 6.07) is 1.98. The van der Waals surface area contributed by atoms with Gasteiger partial charge in [-0.05, 0) is 20.4 Å². The Morgan fingerprint density at radius 3 is 2.86 bits per heavy atom. The molecular formula is C10H14N4. The molecule has 0 atom stereocenters. The van der Waals surface area contributed by atoms with E-state index < -0.39 is 0 Å². The van der Waals surface area contributed by atoms with Crippen molar-refractivity contribution in [2.75, 3.05) is 6.54 Å². The van der Waals surface area contributed by atoms with Crippen molar-refractivity contribution >= 4 is 5.65 Å². The molecule has 0 saturated heterocycles. The van der Waals surface area contributed by atoms with Crippen molar-refractivity contribution < 1.29 is 0 Å². The number of nitrogens with two attached hydrogens (primary N) is 1. The van der Waals surface area contributed by atoms with Gasteiger partial charge in [-0.2, -0.15) is 0 Å². The van der Waals surface area contributed by atoms with Gasteiger partial charge in [0.1, 0.15) is 11.5 Å². The van der Waals surface area contributed by atoms with Crippen LogP contribution in [0.1, 0.15) is 17.2 Å². The van der Waals surface area contributed by atoms with Crippen LogP contribution in [0.2, 0.25) is 0 Å². The first kappa shape index (κ1) is 9.15. The van der Waals surface area contributed by atoms with Crippen molar-refractivity contribution in [2.24, 2.45) is 5.73 Å². The van der Waals surface area contributed by atoms with Gasteiger partial charge in [-0.15, -0.1) is 0 Å². The van der Waals surface area contributed by atoms with Crippen molar-refractivity contribution in [3.8, 4) is 0 Å². The van der Waals surface area contributed by atoms with E-state index >= 15 is 0 Å². The van der Waals surface area contributed by atoms with Crippen molar-refractivity contribution in [1.29, 1.82) is 0 Å². The van der Waals surface area contributed by atoms with Crippen molar-refractivity contribution in [2.45, 2.75) is 20.3 Å². The van der Waals surface area contributed by atoms with E-state index in [1.54, 1.807) is 0 Å². The second-order valence-electron chi connectivity index (χ2n) is 3.44. The first-order chi connectivity index (χ1) is 6.70. The molecule has 0 aliphatic rings. The largest absolute Gasteiger partial charge is 0.330 e. The molecule has 2 rings (SSSR count). The summed E-state index contributed by atoms with van der Waals surface area (Å²) in [4.78, 5) is 8.83. The van der Waals surface area contributed by atoms with Crippen LogP contribution in [0.15, 0.2) is 12.3 Å². The maximum atomic E-state index is 5.49. The molecule has 14 heavy (non-hydrogen) atoms. The lowest BCUT2D eigenvalue weighted by Gasteiger charge is -1.98. The molecule has 2 heterocycles. The van der Waals surface area contributed by atoms with Gasteiger partial charge in [-0.25, -0.2) is 9.97 Å². The fraction of sp³-hybridized carbons (Fsp3) is 0.400. The lowest BCUT2D eigenvalue weighted by Crippen LogP contribution is -2.02. The van der Waals surface area contributed by atoms with Crippen LogP contribution in [-0.2, 0) is 6.42 Å². The second-order valence-corrected chi connectivity index (χ2v) is 3.44. The summed E-state index contributed by atoms with van der Waals surface area (Å²) in [7, 11) is 0. The molecule has 0 amide bonds. The summed E-state index contributed by atoms with van der Waals surface area (Å²) in [5.74, 6) is 0.968. The molecule has 0 aliphatic heterocycles. The fourth-order valence-corrected chi connectivity index (χ4v) is 1.60. The molecule has 0 spiro atoms. The van der Waals surface area contributed by atoms with Crippen LogP contribution in [0.4, 0.5) is 0 Å². The molecule has 0 radical (unpaired) electrons. The van der Waals surface area contributed by atoms with E-state index in [2.05, 4.69) is 9.97 Å². The monoisotopic (exact) mass is 190 g/mol. The van der Waals surface area contributed by atoms with Gasteiger partial charge >= 0.3 is 0 Å². The van der Waals surface area contributed by atoms with Gasteiger partial charge in [0, 0.05) is 24.4 Å². The van der Waals surface area contributed by atoms with Crippen LogP contribution in [0.3, 0.4) is 0 Å². The molecule has 74 valence electrons. The highest BCUT2D eigenvalue weighted by molar-refractivity contribution is 5.41. The highest BCUT2D eigenvalue weighted by Crippen LogP contribution is 2.08. The summed E-state index contributed by atoms with van der Waals surface area (Å²) in [6.45, 7) is 4.59. The summed E-state index contributed by atoms with van der Waals surface area (Å²) >= 11 is 0. The number of hydrogen-bond acceptors (Lipinski definition) is 3. The Hall–Kier alpha value is -1.42. The van der Waals surface area contributed by atoms with E-state index in [-0.39, 0.29) is 0 Å². The Bertz CT molecular complexity index is 458. The topological polar surface area (TPSA) is 56.2 Å². The average molecular weight is 190 g/mol. The predicted molar refractivity (Wildman–Crippen MR) is 55.2 cm³/mol. The normalized spacial score (nSPS) is 11.1. The van der Waals surface area contributed by atoms with E-state index in [0.717, 1.165) is 29.3 Å². The number of nitrogens with zero attached hydrogens (tertiary/aromatic N) is 3. The van der Waals surface area contributed by atoms with Crippen molar-refractivity contribution in [1.82, 2.24) is 14.4 Å². The molecule has 0 bridgehead atoms. The van der Waals surface area contributed by atoms with Gasteiger partial charge < -0.3 is 5.73 Å². The number of fused-ring (bicyclic) bond motifs is 1. The Kier molecular flexibility index (Phi) is 2.21. The van der Waals surface area contributed by atoms with Crippen LogP contribution in [0.5, 0.6) is 0 Å². The lowest BCUT2D eigenvalue weighted by molar-refractivity contribution is 0.930. The zero-order valence-corrected chi connectivity index (χ0v) is 8.49. The summed E-state index contributed by atoms with van der Waals surface area (Å²) < 4.78 is 2.00. The summed E-state index contributed by atoms with van der Waals surface area (Å²) in [6.07, 6.45) is 2.82. The molecule has 2 N–H and O–H groups in total. The van der Waals surface area contributed by atoms with Crippen LogP contribution < -0.4 is 5.73 Å². The number of aromatic nitrogens is 3.